The normalized spacial score (nSPS) is 18.1. The fraction of sp³-hybridized carbons (Fsp3) is 0.385. The highest BCUT2D eigenvalue weighted by atomic mass is 16.2. The highest BCUT2D eigenvalue weighted by Gasteiger charge is 2.37. The Labute approximate surface area is 101 Å². The molecule has 0 fully saturated rings. The Morgan fingerprint density at radius 1 is 1.47 bits per heavy atom. The molecule has 1 aliphatic heterocycles. The van der Waals surface area contributed by atoms with Crippen molar-refractivity contribution in [1.29, 1.82) is 5.26 Å². The zero-order valence-corrected chi connectivity index (χ0v) is 10.2. The van der Waals surface area contributed by atoms with Gasteiger partial charge in [-0.1, -0.05) is 6.07 Å². The van der Waals surface area contributed by atoms with Crippen LogP contribution in [0.15, 0.2) is 12.1 Å². The Hall–Kier alpha value is -1.86. The Balaban J connectivity index is 2.61. The average molecular weight is 229 g/mol. The van der Waals surface area contributed by atoms with Crippen LogP contribution in [0.3, 0.4) is 0 Å². The van der Waals surface area contributed by atoms with Crippen LogP contribution in [0.25, 0.3) is 0 Å². The second-order valence-corrected chi connectivity index (χ2v) is 4.32. The van der Waals surface area contributed by atoms with Crippen LogP contribution in [0.5, 0.6) is 0 Å². The van der Waals surface area contributed by atoms with Gasteiger partial charge in [0.05, 0.1) is 11.8 Å². The Morgan fingerprint density at radius 2 is 2.18 bits per heavy atom. The topological polar surface area (TPSA) is 56.1 Å². The maximum Gasteiger partial charge on any atom is 0.249 e. The number of likely N-dealkylation sites (N-methyl/N-ethyl adjacent to an activating group) is 1. The van der Waals surface area contributed by atoms with Crippen LogP contribution in [0.2, 0.25) is 0 Å². The molecule has 0 aliphatic carbocycles. The summed E-state index contributed by atoms with van der Waals surface area (Å²) in [4.78, 5) is 13.7. The van der Waals surface area contributed by atoms with Crippen LogP contribution >= 0.6 is 0 Å². The number of anilines is 1. The molecule has 0 aromatic heterocycles. The van der Waals surface area contributed by atoms with Crippen molar-refractivity contribution < 1.29 is 4.79 Å². The second kappa shape index (κ2) is 4.19. The lowest BCUT2D eigenvalue weighted by molar-refractivity contribution is -0.119. The molecule has 0 radical (unpaired) electrons. The lowest BCUT2D eigenvalue weighted by atomic mass is 10.00. The predicted octanol–water partition coefficient (Wildman–Crippen LogP) is 1.43. The van der Waals surface area contributed by atoms with E-state index in [-0.39, 0.29) is 18.5 Å². The van der Waals surface area contributed by atoms with Crippen molar-refractivity contribution in [3.8, 4) is 6.07 Å². The number of hydrogen-bond acceptors (Lipinski definition) is 3. The Kier molecular flexibility index (Phi) is 2.86. The summed E-state index contributed by atoms with van der Waals surface area (Å²) in [6.07, 6.45) is 0. The molecule has 1 aromatic rings. The summed E-state index contributed by atoms with van der Waals surface area (Å²) >= 11 is 0. The first-order valence-corrected chi connectivity index (χ1v) is 5.57. The molecule has 2 rings (SSSR count). The number of hydrogen-bond donors (Lipinski definition) is 1. The van der Waals surface area contributed by atoms with Crippen LogP contribution in [0.1, 0.15) is 22.7 Å². The molecule has 4 nitrogen and oxygen atoms in total. The van der Waals surface area contributed by atoms with Crippen molar-refractivity contribution in [2.24, 2.45) is 0 Å². The highest BCUT2D eigenvalue weighted by Crippen LogP contribution is 2.38. The van der Waals surface area contributed by atoms with Gasteiger partial charge < -0.3 is 5.32 Å². The summed E-state index contributed by atoms with van der Waals surface area (Å²) in [5.74, 6) is -0.0437. The second-order valence-electron chi connectivity index (χ2n) is 4.32. The first-order valence-electron chi connectivity index (χ1n) is 5.57. The first-order chi connectivity index (χ1) is 8.10. The van der Waals surface area contributed by atoms with Crippen LogP contribution in [0.4, 0.5) is 5.69 Å². The van der Waals surface area contributed by atoms with Gasteiger partial charge in [0, 0.05) is 5.56 Å². The van der Waals surface area contributed by atoms with E-state index in [4.69, 9.17) is 5.26 Å². The SMILES string of the molecule is CNC1C(=O)N(CC#N)c2cc(C)cc(C)c21. The fourth-order valence-electron chi connectivity index (χ4n) is 2.45. The third-order valence-electron chi connectivity index (χ3n) is 3.12. The van der Waals surface area contributed by atoms with Crippen molar-refractivity contribution in [3.63, 3.8) is 0 Å². The predicted molar refractivity (Wildman–Crippen MR) is 65.7 cm³/mol. The van der Waals surface area contributed by atoms with Gasteiger partial charge in [0.2, 0.25) is 5.91 Å². The van der Waals surface area contributed by atoms with E-state index in [1.165, 1.54) is 0 Å². The largest absolute Gasteiger partial charge is 0.305 e. The van der Waals surface area contributed by atoms with Crippen molar-refractivity contribution in [1.82, 2.24) is 5.32 Å². The van der Waals surface area contributed by atoms with E-state index < -0.39 is 0 Å². The van der Waals surface area contributed by atoms with Gasteiger partial charge in [-0.15, -0.1) is 0 Å². The number of rotatable bonds is 2. The van der Waals surface area contributed by atoms with E-state index in [0.717, 1.165) is 22.4 Å². The molecule has 17 heavy (non-hydrogen) atoms. The molecule has 88 valence electrons. The maximum atomic E-state index is 12.2. The molecule has 1 atom stereocenters. The van der Waals surface area contributed by atoms with Crippen LogP contribution < -0.4 is 10.2 Å². The van der Waals surface area contributed by atoms with Crippen LogP contribution in [0, 0.1) is 25.2 Å². The van der Waals surface area contributed by atoms with E-state index >= 15 is 0 Å². The Bertz CT molecular complexity index is 516. The third-order valence-corrected chi connectivity index (χ3v) is 3.12. The molecule has 1 amide bonds. The Morgan fingerprint density at radius 3 is 2.76 bits per heavy atom. The summed E-state index contributed by atoms with van der Waals surface area (Å²) in [6.45, 7) is 4.10. The van der Waals surface area contributed by atoms with E-state index in [2.05, 4.69) is 11.4 Å². The van der Waals surface area contributed by atoms with E-state index in [1.54, 1.807) is 11.9 Å². The maximum absolute atomic E-state index is 12.2. The molecule has 1 heterocycles. The zero-order valence-electron chi connectivity index (χ0n) is 10.2. The minimum atomic E-state index is -0.320. The summed E-state index contributed by atoms with van der Waals surface area (Å²) in [5, 5.41) is 11.8. The molecular weight excluding hydrogens is 214 g/mol. The van der Waals surface area contributed by atoms with E-state index in [9.17, 15) is 4.79 Å². The quantitative estimate of drug-likeness (QED) is 0.781. The summed E-state index contributed by atoms with van der Waals surface area (Å²) in [6, 6.07) is 5.75. The lowest BCUT2D eigenvalue weighted by Gasteiger charge is -2.13. The average Bonchev–Trinajstić information content (AvgIpc) is 2.53. The number of aryl methyl sites for hydroxylation is 2. The van der Waals surface area contributed by atoms with Gasteiger partial charge in [-0.25, -0.2) is 0 Å². The molecule has 1 aliphatic rings. The lowest BCUT2D eigenvalue weighted by Crippen LogP contribution is -2.33. The van der Waals surface area contributed by atoms with Gasteiger partial charge in [-0.2, -0.15) is 5.26 Å². The van der Waals surface area contributed by atoms with Crippen LogP contribution in [-0.4, -0.2) is 19.5 Å². The van der Waals surface area contributed by atoms with Crippen LogP contribution in [-0.2, 0) is 4.79 Å². The van der Waals surface area contributed by atoms with E-state index in [0.29, 0.717) is 0 Å². The number of nitrogens with one attached hydrogen (secondary N) is 1. The molecule has 1 aromatic carbocycles. The van der Waals surface area contributed by atoms with Crippen molar-refractivity contribution >= 4 is 11.6 Å². The molecule has 0 bridgehead atoms. The minimum Gasteiger partial charge on any atom is -0.305 e. The summed E-state index contributed by atoms with van der Waals surface area (Å²) in [5.41, 5.74) is 4.06. The van der Waals surface area contributed by atoms with Gasteiger partial charge in [0.1, 0.15) is 12.6 Å². The number of nitriles is 1. The monoisotopic (exact) mass is 229 g/mol. The van der Waals surface area contributed by atoms with Crippen molar-refractivity contribution in [2.45, 2.75) is 19.9 Å². The van der Waals surface area contributed by atoms with Gasteiger partial charge in [-0.3, -0.25) is 9.69 Å². The summed E-state index contributed by atoms with van der Waals surface area (Å²) < 4.78 is 0. The smallest absolute Gasteiger partial charge is 0.249 e. The zero-order chi connectivity index (χ0) is 12.6. The third kappa shape index (κ3) is 1.69. The molecule has 0 saturated carbocycles. The molecule has 4 heteroatoms. The molecule has 0 saturated heterocycles. The number of carbonyl (C=O) groups excluding carboxylic acids is 1. The molecule has 0 spiro atoms. The number of nitrogens with zero attached hydrogens (tertiary/aromatic N) is 2. The number of amides is 1. The number of fused-ring (bicyclic) bond motifs is 1. The standard InChI is InChI=1S/C13H15N3O/c1-8-6-9(2)11-10(7-8)16(5-4-14)13(17)12(11)15-3/h6-7,12,15H,5H2,1-3H3. The number of benzene rings is 1. The molecule has 1 N–H and O–H groups in total. The summed E-state index contributed by atoms with van der Waals surface area (Å²) in [7, 11) is 1.77. The minimum absolute atomic E-state index is 0.0437. The van der Waals surface area contributed by atoms with Crippen molar-refractivity contribution in [3.05, 3.63) is 28.8 Å². The van der Waals surface area contributed by atoms with Gasteiger partial charge in [0.25, 0.3) is 0 Å². The fourth-order valence-corrected chi connectivity index (χ4v) is 2.45. The molecule has 1 unspecified atom stereocenters. The van der Waals surface area contributed by atoms with Crippen molar-refractivity contribution in [2.75, 3.05) is 18.5 Å². The number of carbonyl (C=O) groups is 1. The van der Waals surface area contributed by atoms with Gasteiger partial charge in [-0.05, 0) is 38.1 Å². The van der Waals surface area contributed by atoms with Gasteiger partial charge in [0.15, 0.2) is 0 Å². The van der Waals surface area contributed by atoms with E-state index in [1.807, 2.05) is 26.0 Å². The first kappa shape index (κ1) is 11.6. The highest BCUT2D eigenvalue weighted by molar-refractivity contribution is 6.05. The van der Waals surface area contributed by atoms with Gasteiger partial charge >= 0.3 is 0 Å². The molecular formula is C13H15N3O.